The van der Waals surface area contributed by atoms with Gasteiger partial charge in [0.05, 0.1) is 12.3 Å². The molecule has 102 valence electrons. The van der Waals surface area contributed by atoms with Crippen molar-refractivity contribution in [3.05, 3.63) is 29.8 Å². The summed E-state index contributed by atoms with van der Waals surface area (Å²) in [4.78, 5) is 11.5. The van der Waals surface area contributed by atoms with Gasteiger partial charge in [0.15, 0.2) is 0 Å². The second-order valence-electron chi connectivity index (χ2n) is 4.76. The first kappa shape index (κ1) is 13.5. The molecule has 1 aromatic rings. The molecule has 3 N–H and O–H groups in total. The van der Waals surface area contributed by atoms with Crippen LogP contribution >= 0.6 is 0 Å². The zero-order chi connectivity index (χ0) is 13.7. The lowest BCUT2D eigenvalue weighted by Gasteiger charge is -2.08. The second-order valence-corrected chi connectivity index (χ2v) is 4.76. The molecule has 1 aliphatic carbocycles. The number of nitrogen functional groups attached to an aromatic ring is 1. The van der Waals surface area contributed by atoms with Crippen molar-refractivity contribution >= 4 is 17.7 Å². The number of rotatable bonds is 6. The van der Waals surface area contributed by atoms with E-state index >= 15 is 0 Å². The first-order valence-electron chi connectivity index (χ1n) is 6.70. The van der Waals surface area contributed by atoms with Crippen LogP contribution in [-0.4, -0.2) is 18.6 Å². The SMILES string of the molecule is CCCOc1ccc(/C=C\C(=O)NC2CC2)cc1N. The Kier molecular flexibility index (Phi) is 4.44. The third kappa shape index (κ3) is 4.32. The predicted octanol–water partition coefficient (Wildman–Crippen LogP) is 2.35. The minimum Gasteiger partial charge on any atom is -0.491 e. The summed E-state index contributed by atoms with van der Waals surface area (Å²) in [6, 6.07) is 5.92. The highest BCUT2D eigenvalue weighted by molar-refractivity contribution is 5.92. The highest BCUT2D eigenvalue weighted by Gasteiger charge is 2.21. The van der Waals surface area contributed by atoms with Gasteiger partial charge in [-0.3, -0.25) is 4.79 Å². The fraction of sp³-hybridized carbons (Fsp3) is 0.400. The van der Waals surface area contributed by atoms with E-state index in [1.165, 1.54) is 0 Å². The third-order valence-electron chi connectivity index (χ3n) is 2.85. The molecule has 0 aromatic heterocycles. The zero-order valence-electron chi connectivity index (χ0n) is 11.2. The Morgan fingerprint density at radius 3 is 2.95 bits per heavy atom. The summed E-state index contributed by atoms with van der Waals surface area (Å²) in [5.74, 6) is 0.647. The number of carbonyl (C=O) groups is 1. The fourth-order valence-electron chi connectivity index (χ4n) is 1.66. The number of hydrogen-bond acceptors (Lipinski definition) is 3. The standard InChI is InChI=1S/C15H20N2O2/c1-2-9-19-14-7-3-11(10-13(14)16)4-8-15(18)17-12-5-6-12/h3-4,7-8,10,12H,2,5-6,9,16H2,1H3,(H,17,18)/b8-4-. The first-order chi connectivity index (χ1) is 9.19. The summed E-state index contributed by atoms with van der Waals surface area (Å²) in [7, 11) is 0. The lowest BCUT2D eigenvalue weighted by atomic mass is 10.1. The number of carbonyl (C=O) groups excluding carboxylic acids is 1. The average molecular weight is 260 g/mol. The molecule has 1 aromatic carbocycles. The molecule has 1 fully saturated rings. The monoisotopic (exact) mass is 260 g/mol. The normalized spacial score (nSPS) is 14.6. The highest BCUT2D eigenvalue weighted by atomic mass is 16.5. The van der Waals surface area contributed by atoms with E-state index in [4.69, 9.17) is 10.5 Å². The molecule has 1 saturated carbocycles. The van der Waals surface area contributed by atoms with E-state index < -0.39 is 0 Å². The molecule has 0 radical (unpaired) electrons. The summed E-state index contributed by atoms with van der Waals surface area (Å²) in [5.41, 5.74) is 7.39. The van der Waals surface area contributed by atoms with Crippen LogP contribution in [0.1, 0.15) is 31.7 Å². The summed E-state index contributed by atoms with van der Waals surface area (Å²) >= 11 is 0. The third-order valence-corrected chi connectivity index (χ3v) is 2.85. The molecular formula is C15H20N2O2. The molecule has 19 heavy (non-hydrogen) atoms. The molecule has 0 spiro atoms. The zero-order valence-corrected chi connectivity index (χ0v) is 11.2. The van der Waals surface area contributed by atoms with Crippen molar-refractivity contribution in [2.75, 3.05) is 12.3 Å². The van der Waals surface area contributed by atoms with Gasteiger partial charge in [-0.1, -0.05) is 13.0 Å². The van der Waals surface area contributed by atoms with Crippen LogP contribution in [-0.2, 0) is 4.79 Å². The molecule has 0 heterocycles. The Morgan fingerprint density at radius 1 is 1.53 bits per heavy atom. The number of ether oxygens (including phenoxy) is 1. The lowest BCUT2D eigenvalue weighted by molar-refractivity contribution is -0.116. The molecule has 0 atom stereocenters. The summed E-state index contributed by atoms with van der Waals surface area (Å²) in [5, 5.41) is 2.90. The van der Waals surface area contributed by atoms with E-state index in [9.17, 15) is 4.79 Å². The van der Waals surface area contributed by atoms with Crippen molar-refractivity contribution in [2.45, 2.75) is 32.2 Å². The smallest absolute Gasteiger partial charge is 0.244 e. The van der Waals surface area contributed by atoms with Gasteiger partial charge < -0.3 is 15.8 Å². The van der Waals surface area contributed by atoms with E-state index in [-0.39, 0.29) is 5.91 Å². The van der Waals surface area contributed by atoms with Crippen molar-refractivity contribution in [1.29, 1.82) is 0 Å². The van der Waals surface area contributed by atoms with Crippen molar-refractivity contribution in [2.24, 2.45) is 0 Å². The summed E-state index contributed by atoms with van der Waals surface area (Å²) in [6.45, 7) is 2.70. The number of benzene rings is 1. The molecule has 4 nitrogen and oxygen atoms in total. The minimum absolute atomic E-state index is 0.0487. The van der Waals surface area contributed by atoms with Gasteiger partial charge in [-0.25, -0.2) is 0 Å². The molecule has 0 unspecified atom stereocenters. The van der Waals surface area contributed by atoms with Gasteiger partial charge >= 0.3 is 0 Å². The molecule has 0 bridgehead atoms. The van der Waals surface area contributed by atoms with Crippen molar-refractivity contribution in [3.8, 4) is 5.75 Å². The number of nitrogens with two attached hydrogens (primary N) is 1. The summed E-state index contributed by atoms with van der Waals surface area (Å²) in [6.07, 6.45) is 6.44. The minimum atomic E-state index is -0.0487. The Labute approximate surface area is 113 Å². The number of amides is 1. The largest absolute Gasteiger partial charge is 0.491 e. The van der Waals surface area contributed by atoms with Crippen molar-refractivity contribution < 1.29 is 9.53 Å². The maximum atomic E-state index is 11.5. The topological polar surface area (TPSA) is 64.3 Å². The lowest BCUT2D eigenvalue weighted by Crippen LogP contribution is -2.22. The molecule has 1 aliphatic rings. The van der Waals surface area contributed by atoms with E-state index in [0.29, 0.717) is 24.1 Å². The van der Waals surface area contributed by atoms with Gasteiger partial charge in [0.2, 0.25) is 5.91 Å². The van der Waals surface area contributed by atoms with Crippen LogP contribution in [0.25, 0.3) is 6.08 Å². The van der Waals surface area contributed by atoms with E-state index in [1.54, 1.807) is 12.2 Å². The Hall–Kier alpha value is -1.97. The van der Waals surface area contributed by atoms with Gasteiger partial charge in [-0.15, -0.1) is 0 Å². The molecular weight excluding hydrogens is 240 g/mol. The van der Waals surface area contributed by atoms with Gasteiger partial charge in [-0.2, -0.15) is 0 Å². The molecule has 2 rings (SSSR count). The van der Waals surface area contributed by atoms with E-state index in [0.717, 1.165) is 24.8 Å². The van der Waals surface area contributed by atoms with Crippen molar-refractivity contribution in [3.63, 3.8) is 0 Å². The van der Waals surface area contributed by atoms with Crippen LogP contribution < -0.4 is 15.8 Å². The summed E-state index contributed by atoms with van der Waals surface area (Å²) < 4.78 is 5.50. The molecule has 1 amide bonds. The highest BCUT2D eigenvalue weighted by Crippen LogP contribution is 2.23. The maximum absolute atomic E-state index is 11.5. The number of anilines is 1. The van der Waals surface area contributed by atoms with E-state index in [2.05, 4.69) is 5.32 Å². The van der Waals surface area contributed by atoms with Crippen LogP contribution in [0.4, 0.5) is 5.69 Å². The second kappa shape index (κ2) is 6.27. The van der Waals surface area contributed by atoms with Gasteiger partial charge in [-0.05, 0) is 43.0 Å². The predicted molar refractivity (Wildman–Crippen MR) is 76.8 cm³/mol. The molecule has 0 saturated heterocycles. The van der Waals surface area contributed by atoms with Crippen LogP contribution in [0, 0.1) is 0 Å². The van der Waals surface area contributed by atoms with Gasteiger partial charge in [0.25, 0.3) is 0 Å². The van der Waals surface area contributed by atoms with Crippen LogP contribution in [0.15, 0.2) is 24.3 Å². The van der Waals surface area contributed by atoms with Gasteiger partial charge in [0.1, 0.15) is 5.75 Å². The van der Waals surface area contributed by atoms with Crippen LogP contribution in [0.3, 0.4) is 0 Å². The van der Waals surface area contributed by atoms with Crippen LogP contribution in [0.2, 0.25) is 0 Å². The first-order valence-corrected chi connectivity index (χ1v) is 6.70. The Balaban J connectivity index is 1.94. The number of nitrogens with one attached hydrogen (secondary N) is 1. The van der Waals surface area contributed by atoms with Crippen molar-refractivity contribution in [1.82, 2.24) is 5.32 Å². The maximum Gasteiger partial charge on any atom is 0.244 e. The number of hydrogen-bond donors (Lipinski definition) is 2. The van der Waals surface area contributed by atoms with E-state index in [1.807, 2.05) is 25.1 Å². The Morgan fingerprint density at radius 2 is 2.32 bits per heavy atom. The molecule has 0 aliphatic heterocycles. The fourth-order valence-corrected chi connectivity index (χ4v) is 1.66. The average Bonchev–Trinajstić information content (AvgIpc) is 3.19. The van der Waals surface area contributed by atoms with Gasteiger partial charge in [0, 0.05) is 12.1 Å². The quantitative estimate of drug-likeness (QED) is 0.609. The Bertz CT molecular complexity index is 479. The molecule has 4 heteroatoms. The van der Waals surface area contributed by atoms with Crippen LogP contribution in [0.5, 0.6) is 5.75 Å².